The summed E-state index contributed by atoms with van der Waals surface area (Å²) in [5.74, 6) is -1.99. The Hall–Kier alpha value is -3.15. The largest absolute Gasteiger partial charge is 0.426 e. The van der Waals surface area contributed by atoms with Crippen LogP contribution in [0, 0.1) is 0 Å². The summed E-state index contributed by atoms with van der Waals surface area (Å²) in [6.45, 7) is 0.168. The number of benzene rings is 2. The van der Waals surface area contributed by atoms with Crippen LogP contribution < -0.4 is 0 Å². The van der Waals surface area contributed by atoms with Crippen molar-refractivity contribution in [3.63, 3.8) is 0 Å². The van der Waals surface area contributed by atoms with Gasteiger partial charge in [0.25, 0.3) is 12.8 Å². The Balaban J connectivity index is 2.34. The zero-order valence-corrected chi connectivity index (χ0v) is 14.0. The molecule has 0 N–H and O–H groups in total. The molecule has 0 saturated heterocycles. The molecule has 25 heavy (non-hydrogen) atoms. The molecule has 2 aromatic rings. The Morgan fingerprint density at radius 1 is 0.960 bits per heavy atom. The first kappa shape index (κ1) is 18.2. The third kappa shape index (κ3) is 4.67. The fourth-order valence-corrected chi connectivity index (χ4v) is 2.33. The van der Waals surface area contributed by atoms with Gasteiger partial charge in [0.1, 0.15) is 5.92 Å². The van der Waals surface area contributed by atoms with Gasteiger partial charge in [0.15, 0.2) is 0 Å². The number of hydrogen-bond donors (Lipinski definition) is 0. The minimum Gasteiger partial charge on any atom is -0.426 e. The molecule has 2 unspecified atom stereocenters. The molecule has 2 atom stereocenters. The highest BCUT2D eigenvalue weighted by molar-refractivity contribution is 5.90. The lowest BCUT2D eigenvalue weighted by Crippen LogP contribution is -2.39. The van der Waals surface area contributed by atoms with Gasteiger partial charge in [-0.15, -0.1) is 0 Å². The highest BCUT2D eigenvalue weighted by Gasteiger charge is 2.35. The summed E-state index contributed by atoms with van der Waals surface area (Å²) in [6, 6.07) is 17.0. The fourth-order valence-electron chi connectivity index (χ4n) is 2.33. The molecular formula is C19H19NO5. The van der Waals surface area contributed by atoms with Crippen LogP contribution in [0.4, 0.5) is 0 Å². The van der Waals surface area contributed by atoms with E-state index >= 15 is 0 Å². The van der Waals surface area contributed by atoms with Gasteiger partial charge in [-0.3, -0.25) is 9.59 Å². The smallest absolute Gasteiger partial charge is 0.341 e. The Morgan fingerprint density at radius 3 is 2.04 bits per heavy atom. The standard InChI is InChI=1S/C19H19NO5/c1-20(2)17(22)16(14-9-5-3-6-10-14)19(24-13-21)25-18(23)15-11-7-4-8-12-15/h3-13,16,19H,1-2H3. The van der Waals surface area contributed by atoms with E-state index in [-0.39, 0.29) is 12.4 Å². The van der Waals surface area contributed by atoms with Crippen molar-refractivity contribution in [1.82, 2.24) is 4.90 Å². The number of carbonyl (C=O) groups excluding carboxylic acids is 3. The van der Waals surface area contributed by atoms with Crippen LogP contribution in [0.3, 0.4) is 0 Å². The van der Waals surface area contributed by atoms with Gasteiger partial charge in [0.05, 0.1) is 5.56 Å². The minimum atomic E-state index is -1.37. The lowest BCUT2D eigenvalue weighted by Gasteiger charge is -2.27. The summed E-state index contributed by atoms with van der Waals surface area (Å²) in [5, 5.41) is 0. The van der Waals surface area contributed by atoms with Crippen molar-refractivity contribution in [1.29, 1.82) is 0 Å². The highest BCUT2D eigenvalue weighted by Crippen LogP contribution is 2.25. The zero-order valence-electron chi connectivity index (χ0n) is 14.0. The van der Waals surface area contributed by atoms with Crippen molar-refractivity contribution >= 4 is 18.3 Å². The Bertz CT molecular complexity index is 715. The maximum absolute atomic E-state index is 12.6. The van der Waals surface area contributed by atoms with Crippen molar-refractivity contribution in [2.24, 2.45) is 0 Å². The van der Waals surface area contributed by atoms with Crippen molar-refractivity contribution in [3.8, 4) is 0 Å². The average molecular weight is 341 g/mol. The van der Waals surface area contributed by atoms with Crippen LogP contribution in [0.1, 0.15) is 21.8 Å². The molecule has 1 amide bonds. The van der Waals surface area contributed by atoms with E-state index in [1.165, 1.54) is 4.90 Å². The number of amides is 1. The fraction of sp³-hybridized carbons (Fsp3) is 0.211. The van der Waals surface area contributed by atoms with Gasteiger partial charge < -0.3 is 14.4 Å². The van der Waals surface area contributed by atoms with Crippen molar-refractivity contribution < 1.29 is 23.9 Å². The summed E-state index contributed by atoms with van der Waals surface area (Å²) in [5.41, 5.74) is 0.875. The minimum absolute atomic E-state index is 0.168. The molecule has 0 aliphatic rings. The van der Waals surface area contributed by atoms with Crippen LogP contribution >= 0.6 is 0 Å². The molecule has 2 aromatic carbocycles. The molecule has 0 bridgehead atoms. The summed E-state index contributed by atoms with van der Waals surface area (Å²) in [7, 11) is 3.16. The lowest BCUT2D eigenvalue weighted by molar-refractivity contribution is -0.163. The zero-order chi connectivity index (χ0) is 18.2. The van der Waals surface area contributed by atoms with E-state index in [9.17, 15) is 14.4 Å². The van der Waals surface area contributed by atoms with Crippen LogP contribution in [0.15, 0.2) is 60.7 Å². The Morgan fingerprint density at radius 2 is 1.52 bits per heavy atom. The van der Waals surface area contributed by atoms with Crippen LogP contribution in [0.2, 0.25) is 0 Å². The first-order valence-corrected chi connectivity index (χ1v) is 7.66. The van der Waals surface area contributed by atoms with E-state index in [1.54, 1.807) is 74.8 Å². The van der Waals surface area contributed by atoms with Crippen LogP contribution in [-0.4, -0.2) is 43.6 Å². The normalized spacial score (nSPS) is 12.6. The molecule has 0 saturated carbocycles. The van der Waals surface area contributed by atoms with Gasteiger partial charge in [0, 0.05) is 14.1 Å². The van der Waals surface area contributed by atoms with Gasteiger partial charge >= 0.3 is 5.97 Å². The first-order chi connectivity index (χ1) is 12.0. The number of likely N-dealkylation sites (N-methyl/N-ethyl adjacent to an activating group) is 1. The van der Waals surface area contributed by atoms with E-state index in [0.29, 0.717) is 11.1 Å². The van der Waals surface area contributed by atoms with Crippen LogP contribution in [0.5, 0.6) is 0 Å². The molecule has 0 aliphatic carbocycles. The number of ether oxygens (including phenoxy) is 2. The number of esters is 1. The molecule has 0 spiro atoms. The molecule has 2 rings (SSSR count). The Labute approximate surface area is 146 Å². The SMILES string of the molecule is CN(C)C(=O)C(c1ccccc1)C(OC=O)OC(=O)c1ccccc1. The quantitative estimate of drug-likeness (QED) is 0.439. The van der Waals surface area contributed by atoms with Crippen LogP contribution in [0.25, 0.3) is 0 Å². The number of carbonyl (C=O) groups is 3. The van der Waals surface area contributed by atoms with Gasteiger partial charge in [-0.2, -0.15) is 0 Å². The third-order valence-electron chi connectivity index (χ3n) is 3.56. The number of nitrogens with zero attached hydrogens (tertiary/aromatic N) is 1. The van der Waals surface area contributed by atoms with E-state index in [0.717, 1.165) is 0 Å². The molecular weight excluding hydrogens is 322 g/mol. The lowest BCUT2D eigenvalue weighted by atomic mass is 9.97. The predicted molar refractivity (Wildman–Crippen MR) is 90.7 cm³/mol. The van der Waals surface area contributed by atoms with Crippen molar-refractivity contribution in [3.05, 3.63) is 71.8 Å². The van der Waals surface area contributed by atoms with Crippen LogP contribution in [-0.2, 0) is 19.1 Å². The second-order valence-corrected chi connectivity index (χ2v) is 5.49. The van der Waals surface area contributed by atoms with Gasteiger partial charge in [0.2, 0.25) is 5.91 Å². The third-order valence-corrected chi connectivity index (χ3v) is 3.56. The van der Waals surface area contributed by atoms with E-state index in [2.05, 4.69) is 0 Å². The summed E-state index contributed by atoms with van der Waals surface area (Å²) in [6.07, 6.45) is -1.37. The predicted octanol–water partition coefficient (Wildman–Crippen LogP) is 2.21. The molecule has 6 heteroatoms. The van der Waals surface area contributed by atoms with Gasteiger partial charge in [-0.05, 0) is 17.7 Å². The molecule has 130 valence electrons. The second-order valence-electron chi connectivity index (χ2n) is 5.49. The molecule has 0 aliphatic heterocycles. The average Bonchev–Trinajstić information content (AvgIpc) is 2.63. The van der Waals surface area contributed by atoms with Crippen molar-refractivity contribution in [2.45, 2.75) is 12.2 Å². The number of hydrogen-bond acceptors (Lipinski definition) is 5. The molecule has 0 aromatic heterocycles. The second kappa shape index (κ2) is 8.63. The summed E-state index contributed by atoms with van der Waals surface area (Å²) < 4.78 is 10.3. The van der Waals surface area contributed by atoms with E-state index < -0.39 is 18.2 Å². The molecule has 6 nitrogen and oxygen atoms in total. The molecule has 0 radical (unpaired) electrons. The monoisotopic (exact) mass is 341 g/mol. The number of rotatable bonds is 7. The highest BCUT2D eigenvalue weighted by atomic mass is 16.7. The topological polar surface area (TPSA) is 72.9 Å². The summed E-state index contributed by atoms with van der Waals surface area (Å²) in [4.78, 5) is 37.2. The van der Waals surface area contributed by atoms with E-state index in [4.69, 9.17) is 9.47 Å². The first-order valence-electron chi connectivity index (χ1n) is 7.66. The molecule has 0 heterocycles. The summed E-state index contributed by atoms with van der Waals surface area (Å²) >= 11 is 0. The van der Waals surface area contributed by atoms with Gasteiger partial charge in [-0.1, -0.05) is 48.5 Å². The Kier molecular flexibility index (Phi) is 6.28. The maximum atomic E-state index is 12.6. The maximum Gasteiger partial charge on any atom is 0.341 e. The van der Waals surface area contributed by atoms with Gasteiger partial charge in [-0.25, -0.2) is 4.79 Å². The molecule has 0 fully saturated rings. The van der Waals surface area contributed by atoms with Crippen molar-refractivity contribution in [2.75, 3.05) is 14.1 Å². The van der Waals surface area contributed by atoms with E-state index in [1.807, 2.05) is 0 Å².